The lowest BCUT2D eigenvalue weighted by molar-refractivity contribution is 0.182. The minimum Gasteiger partial charge on any atom is -0.384 e. The highest BCUT2D eigenvalue weighted by Gasteiger charge is 2.13. The van der Waals surface area contributed by atoms with Crippen LogP contribution >= 0.6 is 0 Å². The van der Waals surface area contributed by atoms with Crippen molar-refractivity contribution in [1.29, 1.82) is 0 Å². The van der Waals surface area contributed by atoms with Crippen LogP contribution in [0.2, 0.25) is 0 Å². The Labute approximate surface area is 104 Å². The summed E-state index contributed by atoms with van der Waals surface area (Å²) < 4.78 is 5.21. The second kappa shape index (κ2) is 7.12. The van der Waals surface area contributed by atoms with E-state index in [4.69, 9.17) is 4.74 Å². The first kappa shape index (κ1) is 13.8. The third kappa shape index (κ3) is 3.89. The Kier molecular flexibility index (Phi) is 5.77. The fourth-order valence-electron chi connectivity index (χ4n) is 1.97. The summed E-state index contributed by atoms with van der Waals surface area (Å²) in [6.45, 7) is 8.96. The molecule has 0 amide bonds. The van der Waals surface area contributed by atoms with Gasteiger partial charge in [0.2, 0.25) is 0 Å². The molecule has 1 aromatic heterocycles. The van der Waals surface area contributed by atoms with Crippen LogP contribution < -0.4 is 10.2 Å². The molecule has 0 spiro atoms. The zero-order chi connectivity index (χ0) is 12.7. The quantitative estimate of drug-likeness (QED) is 0.790. The lowest BCUT2D eigenvalue weighted by atomic mass is 10.2. The van der Waals surface area contributed by atoms with E-state index in [1.807, 2.05) is 12.4 Å². The van der Waals surface area contributed by atoms with Crippen LogP contribution in [-0.4, -0.2) is 37.8 Å². The third-order valence-corrected chi connectivity index (χ3v) is 2.72. The molecule has 0 saturated heterocycles. The van der Waals surface area contributed by atoms with Crippen molar-refractivity contribution in [2.45, 2.75) is 26.8 Å². The normalized spacial score (nSPS) is 12.2. The molecule has 1 aromatic rings. The molecule has 0 radical (unpaired) electrons. The molecule has 1 heterocycles. The van der Waals surface area contributed by atoms with Crippen LogP contribution in [0, 0.1) is 0 Å². The maximum atomic E-state index is 5.21. The molecule has 4 nitrogen and oxygen atoms in total. The van der Waals surface area contributed by atoms with Gasteiger partial charge >= 0.3 is 0 Å². The number of aromatic nitrogens is 1. The van der Waals surface area contributed by atoms with Crippen molar-refractivity contribution >= 4 is 11.4 Å². The van der Waals surface area contributed by atoms with Gasteiger partial charge in [-0.2, -0.15) is 0 Å². The average molecular weight is 237 g/mol. The van der Waals surface area contributed by atoms with Crippen molar-refractivity contribution in [3.05, 3.63) is 18.5 Å². The number of anilines is 2. The number of likely N-dealkylation sites (N-methyl/N-ethyl adjacent to an activating group) is 1. The van der Waals surface area contributed by atoms with E-state index in [1.165, 1.54) is 0 Å². The van der Waals surface area contributed by atoms with E-state index in [0.717, 1.165) is 31.1 Å². The Bertz CT molecular complexity index is 330. The number of ether oxygens (including phenoxy) is 1. The molecule has 0 fully saturated rings. The number of nitrogens with zero attached hydrogens (tertiary/aromatic N) is 2. The fourth-order valence-corrected chi connectivity index (χ4v) is 1.97. The largest absolute Gasteiger partial charge is 0.384 e. The molecule has 1 unspecified atom stereocenters. The molecule has 17 heavy (non-hydrogen) atoms. The van der Waals surface area contributed by atoms with Crippen molar-refractivity contribution in [2.24, 2.45) is 0 Å². The monoisotopic (exact) mass is 237 g/mol. The molecular formula is C13H23N3O. The summed E-state index contributed by atoms with van der Waals surface area (Å²) >= 11 is 0. The first-order valence-corrected chi connectivity index (χ1v) is 6.17. The van der Waals surface area contributed by atoms with Crippen LogP contribution in [0.1, 0.15) is 20.8 Å². The molecule has 96 valence electrons. The van der Waals surface area contributed by atoms with Crippen molar-refractivity contribution in [3.63, 3.8) is 0 Å². The molecular weight excluding hydrogens is 214 g/mol. The molecule has 0 saturated carbocycles. The van der Waals surface area contributed by atoms with E-state index < -0.39 is 0 Å². The zero-order valence-electron chi connectivity index (χ0n) is 11.2. The standard InChI is InChI=1S/C13H23N3O/c1-5-15-12-7-13(9-14-8-12)16(6-2)11(3)10-17-4/h7-9,11,15H,5-6,10H2,1-4H3. The van der Waals surface area contributed by atoms with Crippen LogP contribution in [0.15, 0.2) is 18.5 Å². The number of nitrogens with one attached hydrogen (secondary N) is 1. The number of pyridine rings is 1. The molecule has 0 bridgehead atoms. The van der Waals surface area contributed by atoms with Gasteiger partial charge in [-0.05, 0) is 26.8 Å². The first-order valence-electron chi connectivity index (χ1n) is 6.17. The number of methoxy groups -OCH3 is 1. The minimum absolute atomic E-state index is 0.351. The molecule has 1 atom stereocenters. The Morgan fingerprint density at radius 3 is 2.76 bits per heavy atom. The summed E-state index contributed by atoms with van der Waals surface area (Å²) in [5.41, 5.74) is 2.20. The van der Waals surface area contributed by atoms with Crippen molar-refractivity contribution < 1.29 is 4.74 Å². The Hall–Kier alpha value is -1.29. The van der Waals surface area contributed by atoms with Crippen LogP contribution in [0.25, 0.3) is 0 Å². The smallest absolute Gasteiger partial charge is 0.0663 e. The van der Waals surface area contributed by atoms with Gasteiger partial charge in [0.05, 0.1) is 30.4 Å². The predicted molar refractivity (Wildman–Crippen MR) is 72.8 cm³/mol. The zero-order valence-corrected chi connectivity index (χ0v) is 11.2. The van der Waals surface area contributed by atoms with Crippen LogP contribution in [0.3, 0.4) is 0 Å². The van der Waals surface area contributed by atoms with Gasteiger partial charge in [-0.1, -0.05) is 0 Å². The van der Waals surface area contributed by atoms with Gasteiger partial charge < -0.3 is 15.0 Å². The SMILES string of the molecule is CCNc1cncc(N(CC)C(C)COC)c1. The van der Waals surface area contributed by atoms with Gasteiger partial charge in [0.1, 0.15) is 0 Å². The van der Waals surface area contributed by atoms with Crippen LogP contribution in [-0.2, 0) is 4.74 Å². The molecule has 0 aliphatic heterocycles. The van der Waals surface area contributed by atoms with E-state index in [0.29, 0.717) is 6.04 Å². The number of rotatable bonds is 7. The molecule has 0 aliphatic rings. The lowest BCUT2D eigenvalue weighted by Crippen LogP contribution is -2.36. The van der Waals surface area contributed by atoms with Crippen LogP contribution in [0.5, 0.6) is 0 Å². The van der Waals surface area contributed by atoms with Crippen molar-refractivity contribution in [2.75, 3.05) is 37.0 Å². The topological polar surface area (TPSA) is 37.4 Å². The maximum absolute atomic E-state index is 5.21. The number of hydrogen-bond acceptors (Lipinski definition) is 4. The number of hydrogen-bond donors (Lipinski definition) is 1. The molecule has 1 rings (SSSR count). The Balaban J connectivity index is 2.83. The van der Waals surface area contributed by atoms with E-state index in [1.54, 1.807) is 7.11 Å². The fraction of sp³-hybridized carbons (Fsp3) is 0.615. The molecule has 4 heteroatoms. The van der Waals surface area contributed by atoms with Gasteiger partial charge in [0, 0.05) is 26.2 Å². The van der Waals surface area contributed by atoms with E-state index >= 15 is 0 Å². The van der Waals surface area contributed by atoms with E-state index in [2.05, 4.69) is 42.0 Å². The summed E-state index contributed by atoms with van der Waals surface area (Å²) in [5, 5.41) is 3.28. The summed E-state index contributed by atoms with van der Waals surface area (Å²) in [5.74, 6) is 0. The van der Waals surface area contributed by atoms with Gasteiger partial charge in [-0.3, -0.25) is 4.98 Å². The molecule has 0 aromatic carbocycles. The Morgan fingerprint density at radius 1 is 1.41 bits per heavy atom. The van der Waals surface area contributed by atoms with Crippen LogP contribution in [0.4, 0.5) is 11.4 Å². The summed E-state index contributed by atoms with van der Waals surface area (Å²) in [6, 6.07) is 2.48. The molecule has 0 aliphatic carbocycles. The average Bonchev–Trinajstić information content (AvgIpc) is 2.31. The van der Waals surface area contributed by atoms with Gasteiger partial charge in [-0.25, -0.2) is 0 Å². The minimum atomic E-state index is 0.351. The second-order valence-electron chi connectivity index (χ2n) is 4.05. The van der Waals surface area contributed by atoms with Crippen molar-refractivity contribution in [1.82, 2.24) is 4.98 Å². The lowest BCUT2D eigenvalue weighted by Gasteiger charge is -2.29. The van der Waals surface area contributed by atoms with Gasteiger partial charge in [0.15, 0.2) is 0 Å². The highest BCUT2D eigenvalue weighted by molar-refractivity contribution is 5.56. The molecule has 1 N–H and O–H groups in total. The summed E-state index contributed by atoms with van der Waals surface area (Å²) in [7, 11) is 1.73. The predicted octanol–water partition coefficient (Wildman–Crippen LogP) is 2.37. The van der Waals surface area contributed by atoms with E-state index in [9.17, 15) is 0 Å². The highest BCUT2D eigenvalue weighted by Crippen LogP contribution is 2.19. The summed E-state index contributed by atoms with van der Waals surface area (Å²) in [4.78, 5) is 6.56. The second-order valence-corrected chi connectivity index (χ2v) is 4.05. The van der Waals surface area contributed by atoms with Gasteiger partial charge in [0.25, 0.3) is 0 Å². The third-order valence-electron chi connectivity index (χ3n) is 2.72. The van der Waals surface area contributed by atoms with Crippen molar-refractivity contribution in [3.8, 4) is 0 Å². The first-order chi connectivity index (χ1) is 8.22. The highest BCUT2D eigenvalue weighted by atomic mass is 16.5. The van der Waals surface area contributed by atoms with E-state index in [-0.39, 0.29) is 0 Å². The summed E-state index contributed by atoms with van der Waals surface area (Å²) in [6.07, 6.45) is 3.75. The maximum Gasteiger partial charge on any atom is 0.0663 e. The van der Waals surface area contributed by atoms with Gasteiger partial charge in [-0.15, -0.1) is 0 Å². The Morgan fingerprint density at radius 2 is 2.18 bits per heavy atom.